The Hall–Kier alpha value is -2.21. The van der Waals surface area contributed by atoms with Crippen molar-refractivity contribution in [3.05, 3.63) is 48.3 Å². The molecule has 2 saturated heterocycles. The van der Waals surface area contributed by atoms with Gasteiger partial charge in [-0.05, 0) is 56.7 Å². The van der Waals surface area contributed by atoms with Gasteiger partial charge in [-0.2, -0.15) is 0 Å². The van der Waals surface area contributed by atoms with Crippen molar-refractivity contribution in [1.29, 1.82) is 0 Å². The van der Waals surface area contributed by atoms with Gasteiger partial charge in [0.1, 0.15) is 0 Å². The van der Waals surface area contributed by atoms with E-state index in [2.05, 4.69) is 51.5 Å². The number of imidazole rings is 1. The Labute approximate surface area is 172 Å². The molecular formula is C23H31N5O. The van der Waals surface area contributed by atoms with Gasteiger partial charge in [0.05, 0.1) is 17.4 Å². The van der Waals surface area contributed by atoms with E-state index in [4.69, 9.17) is 4.98 Å². The Morgan fingerprint density at radius 1 is 1.24 bits per heavy atom. The van der Waals surface area contributed by atoms with Gasteiger partial charge in [-0.3, -0.25) is 14.7 Å². The first-order valence-corrected chi connectivity index (χ1v) is 11.0. The topological polar surface area (TPSA) is 54.3 Å². The molecule has 1 saturated carbocycles. The van der Waals surface area contributed by atoms with Gasteiger partial charge < -0.3 is 9.47 Å². The number of rotatable bonds is 6. The molecule has 154 valence electrons. The summed E-state index contributed by atoms with van der Waals surface area (Å²) in [6, 6.07) is 4.53. The Balaban J connectivity index is 1.43. The Bertz CT molecular complexity index is 874. The number of carbonyl (C=O) groups is 1. The third-order valence-electron chi connectivity index (χ3n) is 7.06. The van der Waals surface area contributed by atoms with Crippen LogP contribution in [0.5, 0.6) is 0 Å². The molecule has 2 aromatic heterocycles. The molecule has 4 heterocycles. The van der Waals surface area contributed by atoms with Gasteiger partial charge in [-0.25, -0.2) is 4.98 Å². The largest absolute Gasteiger partial charge is 0.342 e. The highest BCUT2D eigenvalue weighted by Gasteiger charge is 2.58. The monoisotopic (exact) mass is 393 g/mol. The Morgan fingerprint density at radius 3 is 2.72 bits per heavy atom. The molecule has 1 amide bonds. The smallest absolute Gasteiger partial charge is 0.230 e. The van der Waals surface area contributed by atoms with Gasteiger partial charge in [0.25, 0.3) is 0 Å². The maximum Gasteiger partial charge on any atom is 0.230 e. The van der Waals surface area contributed by atoms with Crippen LogP contribution in [0.25, 0.3) is 0 Å². The minimum Gasteiger partial charge on any atom is -0.342 e. The average molecular weight is 394 g/mol. The second kappa shape index (κ2) is 7.24. The number of hydrogen-bond donors (Lipinski definition) is 0. The van der Waals surface area contributed by atoms with Crippen LogP contribution in [0.1, 0.15) is 56.3 Å². The Morgan fingerprint density at radius 2 is 2.03 bits per heavy atom. The van der Waals surface area contributed by atoms with Crippen LogP contribution in [0.15, 0.2) is 37.1 Å². The van der Waals surface area contributed by atoms with Crippen molar-refractivity contribution in [2.45, 2.75) is 51.6 Å². The molecule has 6 nitrogen and oxygen atoms in total. The van der Waals surface area contributed by atoms with Gasteiger partial charge in [0.15, 0.2) is 0 Å². The summed E-state index contributed by atoms with van der Waals surface area (Å²) in [6.45, 7) is 8.78. The van der Waals surface area contributed by atoms with Crippen LogP contribution in [-0.2, 0) is 11.3 Å². The fraction of sp³-hybridized carbons (Fsp3) is 0.609. The summed E-state index contributed by atoms with van der Waals surface area (Å²) in [5.41, 5.74) is 2.01. The third-order valence-corrected chi connectivity index (χ3v) is 7.06. The number of carbonyl (C=O) groups excluding carboxylic acids is 1. The van der Waals surface area contributed by atoms with Gasteiger partial charge in [0, 0.05) is 63.3 Å². The molecule has 29 heavy (non-hydrogen) atoms. The average Bonchev–Trinajstić information content (AvgIpc) is 3.13. The van der Waals surface area contributed by atoms with E-state index in [1.54, 1.807) is 0 Å². The van der Waals surface area contributed by atoms with E-state index in [0.29, 0.717) is 11.9 Å². The maximum absolute atomic E-state index is 13.7. The van der Waals surface area contributed by atoms with Crippen molar-refractivity contribution in [3.8, 4) is 0 Å². The number of amides is 1. The summed E-state index contributed by atoms with van der Waals surface area (Å²) in [6.07, 6.45) is 11.3. The molecule has 2 aliphatic heterocycles. The molecule has 3 fully saturated rings. The lowest BCUT2D eigenvalue weighted by molar-refractivity contribution is -0.136. The third kappa shape index (κ3) is 3.48. The SMILES string of the molecule is CC(C)n1cnc([C@H]2CN(Cc3ccncc3)C[C@]23CCN(CC2CC2)C3=O)c1. The van der Waals surface area contributed by atoms with Crippen LogP contribution >= 0.6 is 0 Å². The fourth-order valence-corrected chi connectivity index (χ4v) is 5.18. The minimum absolute atomic E-state index is 0.168. The standard InChI is InChI=1S/C23H31N5O/c1-17(2)28-14-21(25-16-28)20-13-26(11-19-5-8-24-9-6-19)15-23(20)7-10-27(22(23)29)12-18-3-4-18/h5-6,8-9,14,16-18,20H,3-4,7,10-13,15H2,1-2H3/t20-,23-/m1/s1. The minimum atomic E-state index is -0.321. The first-order chi connectivity index (χ1) is 14.0. The summed E-state index contributed by atoms with van der Waals surface area (Å²) in [5.74, 6) is 1.27. The van der Waals surface area contributed by atoms with Gasteiger partial charge in [-0.15, -0.1) is 0 Å². The summed E-state index contributed by atoms with van der Waals surface area (Å²) >= 11 is 0. The zero-order chi connectivity index (χ0) is 20.0. The summed E-state index contributed by atoms with van der Waals surface area (Å²) in [7, 11) is 0. The summed E-state index contributed by atoms with van der Waals surface area (Å²) in [5, 5.41) is 0. The van der Waals surface area contributed by atoms with E-state index in [1.807, 2.05) is 18.7 Å². The van der Waals surface area contributed by atoms with Crippen LogP contribution < -0.4 is 0 Å². The molecule has 0 aromatic carbocycles. The Kier molecular flexibility index (Phi) is 4.69. The first kappa shape index (κ1) is 18.8. The van der Waals surface area contributed by atoms with Crippen molar-refractivity contribution in [3.63, 3.8) is 0 Å². The highest BCUT2D eigenvalue weighted by molar-refractivity contribution is 5.87. The van der Waals surface area contributed by atoms with Crippen molar-refractivity contribution >= 4 is 5.91 Å². The number of pyridine rings is 1. The second-order valence-electron chi connectivity index (χ2n) is 9.52. The number of hydrogen-bond acceptors (Lipinski definition) is 4. The van der Waals surface area contributed by atoms with E-state index in [-0.39, 0.29) is 11.3 Å². The van der Waals surface area contributed by atoms with Crippen molar-refractivity contribution in [2.75, 3.05) is 26.2 Å². The lowest BCUT2D eigenvalue weighted by atomic mass is 9.75. The molecular weight excluding hydrogens is 362 g/mol. The summed E-state index contributed by atoms with van der Waals surface area (Å²) < 4.78 is 2.16. The lowest BCUT2D eigenvalue weighted by Gasteiger charge is -2.28. The molecule has 0 N–H and O–H groups in total. The van der Waals surface area contributed by atoms with E-state index in [0.717, 1.165) is 50.8 Å². The molecule has 0 unspecified atom stereocenters. The van der Waals surface area contributed by atoms with Crippen molar-refractivity contribution in [1.82, 2.24) is 24.3 Å². The normalized spacial score (nSPS) is 27.6. The van der Waals surface area contributed by atoms with E-state index < -0.39 is 0 Å². The van der Waals surface area contributed by atoms with Crippen molar-refractivity contribution in [2.24, 2.45) is 11.3 Å². The highest BCUT2D eigenvalue weighted by Crippen LogP contribution is 2.50. The molecule has 0 radical (unpaired) electrons. The molecule has 2 aromatic rings. The van der Waals surface area contributed by atoms with Crippen molar-refractivity contribution < 1.29 is 4.79 Å². The van der Waals surface area contributed by atoms with Crippen LogP contribution in [0.4, 0.5) is 0 Å². The van der Waals surface area contributed by atoms with Crippen LogP contribution in [0.2, 0.25) is 0 Å². The van der Waals surface area contributed by atoms with E-state index in [9.17, 15) is 4.79 Å². The number of nitrogens with zero attached hydrogens (tertiary/aromatic N) is 5. The van der Waals surface area contributed by atoms with Crippen LogP contribution in [0.3, 0.4) is 0 Å². The maximum atomic E-state index is 13.7. The zero-order valence-electron chi connectivity index (χ0n) is 17.5. The quantitative estimate of drug-likeness (QED) is 0.757. The number of aromatic nitrogens is 3. The van der Waals surface area contributed by atoms with Crippen LogP contribution in [-0.4, -0.2) is 56.4 Å². The molecule has 3 aliphatic rings. The van der Waals surface area contributed by atoms with E-state index in [1.165, 1.54) is 18.4 Å². The number of likely N-dealkylation sites (tertiary alicyclic amines) is 2. The molecule has 5 rings (SSSR count). The summed E-state index contributed by atoms with van der Waals surface area (Å²) in [4.78, 5) is 27.2. The fourth-order valence-electron chi connectivity index (χ4n) is 5.18. The lowest BCUT2D eigenvalue weighted by Crippen LogP contribution is -2.40. The van der Waals surface area contributed by atoms with Gasteiger partial charge >= 0.3 is 0 Å². The zero-order valence-corrected chi connectivity index (χ0v) is 17.5. The van der Waals surface area contributed by atoms with E-state index >= 15 is 0 Å². The van der Waals surface area contributed by atoms with Crippen LogP contribution in [0, 0.1) is 11.3 Å². The highest BCUT2D eigenvalue weighted by atomic mass is 16.2. The second-order valence-corrected chi connectivity index (χ2v) is 9.52. The predicted molar refractivity (Wildman–Crippen MR) is 111 cm³/mol. The molecule has 6 heteroatoms. The molecule has 1 spiro atoms. The predicted octanol–water partition coefficient (Wildman–Crippen LogP) is 3.09. The molecule has 1 aliphatic carbocycles. The van der Waals surface area contributed by atoms with Gasteiger partial charge in [-0.1, -0.05) is 0 Å². The first-order valence-electron chi connectivity index (χ1n) is 11.0. The molecule has 0 bridgehead atoms. The molecule has 2 atom stereocenters. The van der Waals surface area contributed by atoms with Gasteiger partial charge in [0.2, 0.25) is 5.91 Å².